The maximum Gasteiger partial charge on any atom is 0.335 e. The van der Waals surface area contributed by atoms with E-state index in [-0.39, 0.29) is 22.5 Å². The predicted molar refractivity (Wildman–Crippen MR) is 279 cm³/mol. The minimum atomic E-state index is -0.939. The van der Waals surface area contributed by atoms with E-state index in [2.05, 4.69) is 31.2 Å². The molecule has 0 unspecified atom stereocenters. The van der Waals surface area contributed by atoms with Crippen LogP contribution in [0.5, 0.6) is 34.5 Å². The molecule has 0 saturated heterocycles. The number of ether oxygens (including phenoxy) is 6. The van der Waals surface area contributed by atoms with E-state index in [1.54, 1.807) is 48.5 Å². The van der Waals surface area contributed by atoms with E-state index >= 15 is 0 Å². The molecule has 0 bridgehead atoms. The van der Waals surface area contributed by atoms with Crippen molar-refractivity contribution >= 4 is 17.9 Å². The van der Waals surface area contributed by atoms with Crippen LogP contribution in [0, 0.1) is 0 Å². The lowest BCUT2D eigenvalue weighted by Crippen LogP contribution is -2.24. The lowest BCUT2D eigenvalue weighted by atomic mass is 9.73. The third kappa shape index (κ3) is 15.5. The first-order chi connectivity index (χ1) is 35.0. The van der Waals surface area contributed by atoms with E-state index in [9.17, 15) is 14.4 Å². The summed E-state index contributed by atoms with van der Waals surface area (Å²) < 4.78 is 35.6. The highest BCUT2D eigenvalue weighted by Crippen LogP contribution is 2.38. The number of rotatable bonds is 28. The lowest BCUT2D eigenvalue weighted by molar-refractivity contribution is -0.131. The van der Waals surface area contributed by atoms with Crippen molar-refractivity contribution in [2.45, 2.75) is 70.6 Å². The van der Waals surface area contributed by atoms with Gasteiger partial charge < -0.3 is 38.6 Å². The molecule has 0 saturated carbocycles. The minimum Gasteiger partial charge on any atom is -0.494 e. The van der Waals surface area contributed by atoms with Gasteiger partial charge in [0.25, 0.3) is 0 Å². The van der Waals surface area contributed by atoms with E-state index in [0.717, 1.165) is 96.6 Å². The molecule has 372 valence electrons. The summed E-state index contributed by atoms with van der Waals surface area (Å²) in [5.41, 5.74) is 6.43. The monoisotopic (exact) mass is 970 g/mol. The Kier molecular flexibility index (Phi) is 18.9. The van der Waals surface area contributed by atoms with Gasteiger partial charge in [0.1, 0.15) is 34.5 Å². The average Bonchev–Trinajstić information content (AvgIpc) is 3.40. The van der Waals surface area contributed by atoms with Crippen LogP contribution >= 0.6 is 0 Å². The second-order valence-corrected chi connectivity index (χ2v) is 17.7. The number of carbonyl (C=O) groups excluding carboxylic acids is 1. The van der Waals surface area contributed by atoms with Gasteiger partial charge in [-0.2, -0.15) is 0 Å². The largest absolute Gasteiger partial charge is 0.494 e. The first-order valence-corrected chi connectivity index (χ1v) is 24.5. The van der Waals surface area contributed by atoms with Crippen molar-refractivity contribution in [1.82, 2.24) is 0 Å². The zero-order valence-corrected chi connectivity index (χ0v) is 40.9. The Bertz CT molecular complexity index is 2610. The maximum atomic E-state index is 11.3. The van der Waals surface area contributed by atoms with Crippen LogP contribution in [-0.4, -0.2) is 61.2 Å². The fourth-order valence-electron chi connectivity index (χ4n) is 8.30. The molecule has 7 aromatic rings. The van der Waals surface area contributed by atoms with Crippen LogP contribution in [0.15, 0.2) is 170 Å². The van der Waals surface area contributed by atoms with E-state index < -0.39 is 11.9 Å². The topological polar surface area (TPSA) is 147 Å². The molecule has 0 fully saturated rings. The third-order valence-electron chi connectivity index (χ3n) is 12.4. The van der Waals surface area contributed by atoms with Gasteiger partial charge in [0.05, 0.1) is 44.2 Å². The van der Waals surface area contributed by atoms with Gasteiger partial charge in [-0.25, -0.2) is 9.59 Å². The number of esters is 1. The summed E-state index contributed by atoms with van der Waals surface area (Å²) in [4.78, 5) is 33.7. The Labute approximate surface area is 421 Å². The van der Waals surface area contributed by atoms with Crippen LogP contribution in [0.2, 0.25) is 0 Å². The Morgan fingerprint density at radius 3 is 0.931 bits per heavy atom. The average molecular weight is 971 g/mol. The molecule has 0 aliphatic carbocycles. The summed E-state index contributed by atoms with van der Waals surface area (Å²) >= 11 is 0. The Hall–Kier alpha value is -8.05. The van der Waals surface area contributed by atoms with Crippen molar-refractivity contribution in [2.75, 3.05) is 33.0 Å². The molecule has 11 nitrogen and oxygen atoms in total. The smallest absolute Gasteiger partial charge is 0.335 e. The van der Waals surface area contributed by atoms with Gasteiger partial charge in [0, 0.05) is 12.3 Å². The second kappa shape index (κ2) is 26.2. The predicted octanol–water partition coefficient (Wildman–Crippen LogP) is 13.8. The van der Waals surface area contributed by atoms with Crippen LogP contribution in [0.4, 0.5) is 0 Å². The minimum absolute atomic E-state index is 0.264. The molecular formula is C61H62O11. The SMILES string of the molecule is CC(=O)Oc1ccc(OCCCC(C)(c2ccc(OCCCCCOc3ccc(-c4ccc(C(=O)O)cc4)cc3)cc2)c2ccc(OCCCCCOc3ccc(-c4ccc(C(=O)O)cc4)cc3)cc2)cc1. The molecule has 0 aromatic heterocycles. The molecule has 11 heteroatoms. The summed E-state index contributed by atoms with van der Waals surface area (Å²) in [5.74, 6) is 2.19. The second-order valence-electron chi connectivity index (χ2n) is 17.7. The van der Waals surface area contributed by atoms with Crippen molar-refractivity contribution in [3.8, 4) is 56.8 Å². The molecule has 0 atom stereocenters. The number of carboxylic acids is 2. The van der Waals surface area contributed by atoms with Crippen LogP contribution in [0.3, 0.4) is 0 Å². The lowest BCUT2D eigenvalue weighted by Gasteiger charge is -2.31. The fraction of sp³-hybridized carbons (Fsp3) is 0.262. The number of unbranched alkanes of at least 4 members (excludes halogenated alkanes) is 4. The molecule has 0 spiro atoms. The standard InChI is InChI=1S/C61H62O11/c1-44(62)72-58-36-34-57(35-37-58)71-43-9-38-61(2,51-22-30-55(31-23-51)69-41-7-3-5-39-67-53-26-18-47(19-27-53)45-10-14-49(15-11-45)59(63)64)52-24-32-56(33-25-52)70-42-8-4-6-40-68-54-28-20-48(21-29-54)46-12-16-50(17-13-46)60(65)66/h10-37H,3-9,38-43H2,1-2H3,(H,63,64)(H,65,66). The first kappa shape index (κ1) is 51.8. The molecule has 0 aliphatic heterocycles. The highest BCUT2D eigenvalue weighted by Gasteiger charge is 2.29. The number of benzene rings is 7. The van der Waals surface area contributed by atoms with E-state index in [0.29, 0.717) is 44.5 Å². The summed E-state index contributed by atoms with van der Waals surface area (Å²) in [6.07, 6.45) is 7.14. The van der Waals surface area contributed by atoms with Crippen LogP contribution in [0.25, 0.3) is 22.3 Å². The van der Waals surface area contributed by atoms with Crippen LogP contribution in [0.1, 0.15) is 97.1 Å². The summed E-state index contributed by atoms with van der Waals surface area (Å²) in [6, 6.07) is 53.2. The van der Waals surface area contributed by atoms with Crippen molar-refractivity contribution < 1.29 is 53.0 Å². The number of hydrogen-bond donors (Lipinski definition) is 2. The molecule has 0 amide bonds. The zero-order chi connectivity index (χ0) is 50.5. The molecule has 0 aliphatic rings. The number of hydrogen-bond acceptors (Lipinski definition) is 9. The third-order valence-corrected chi connectivity index (χ3v) is 12.4. The summed E-state index contributed by atoms with van der Waals surface area (Å²) in [5, 5.41) is 18.3. The van der Waals surface area contributed by atoms with E-state index in [4.69, 9.17) is 38.6 Å². The van der Waals surface area contributed by atoms with Crippen LogP contribution in [-0.2, 0) is 10.2 Å². The Balaban J connectivity index is 0.850. The molecular weight excluding hydrogens is 909 g/mol. The van der Waals surface area contributed by atoms with Crippen molar-refractivity contribution in [3.05, 3.63) is 192 Å². The first-order valence-electron chi connectivity index (χ1n) is 24.5. The molecule has 0 heterocycles. The number of aromatic carboxylic acids is 2. The zero-order valence-electron chi connectivity index (χ0n) is 40.9. The summed E-state index contributed by atoms with van der Waals surface area (Å²) in [6.45, 7) is 6.57. The molecule has 0 radical (unpaired) electrons. The van der Waals surface area contributed by atoms with E-state index in [1.807, 2.05) is 97.1 Å². The normalized spacial score (nSPS) is 11.1. The molecule has 7 aromatic carbocycles. The Morgan fingerprint density at radius 1 is 0.361 bits per heavy atom. The molecule has 7 rings (SSSR count). The van der Waals surface area contributed by atoms with Gasteiger partial charge >= 0.3 is 17.9 Å². The number of carbonyl (C=O) groups is 3. The fourth-order valence-corrected chi connectivity index (χ4v) is 8.30. The molecule has 72 heavy (non-hydrogen) atoms. The van der Waals surface area contributed by atoms with Gasteiger partial charge in [-0.05, 0) is 182 Å². The Morgan fingerprint density at radius 2 is 0.625 bits per heavy atom. The quantitative estimate of drug-likeness (QED) is 0.0275. The highest BCUT2D eigenvalue weighted by atomic mass is 16.5. The van der Waals surface area contributed by atoms with Crippen molar-refractivity contribution in [2.24, 2.45) is 0 Å². The molecule has 2 N–H and O–H groups in total. The van der Waals surface area contributed by atoms with Crippen molar-refractivity contribution in [3.63, 3.8) is 0 Å². The van der Waals surface area contributed by atoms with Gasteiger partial charge in [0.15, 0.2) is 0 Å². The van der Waals surface area contributed by atoms with Gasteiger partial charge in [0.2, 0.25) is 0 Å². The maximum absolute atomic E-state index is 11.3. The van der Waals surface area contributed by atoms with E-state index in [1.165, 1.54) is 18.1 Å². The van der Waals surface area contributed by atoms with Crippen molar-refractivity contribution in [1.29, 1.82) is 0 Å². The van der Waals surface area contributed by atoms with Gasteiger partial charge in [-0.1, -0.05) is 79.7 Å². The van der Waals surface area contributed by atoms with Gasteiger partial charge in [-0.3, -0.25) is 4.79 Å². The number of carboxylic acid groups (broad SMARTS) is 2. The summed E-state index contributed by atoms with van der Waals surface area (Å²) in [7, 11) is 0. The van der Waals surface area contributed by atoms with Crippen LogP contribution < -0.4 is 28.4 Å². The highest BCUT2D eigenvalue weighted by molar-refractivity contribution is 5.89. The van der Waals surface area contributed by atoms with Gasteiger partial charge in [-0.15, -0.1) is 0 Å².